The molecule has 0 unspecified atom stereocenters. The van der Waals surface area contributed by atoms with Gasteiger partial charge in [-0.05, 0) is 25.8 Å². The SMILES string of the molecule is C=CCN1C(=O)CC[C@@H]1[C@H](O)C(C)=CC. The van der Waals surface area contributed by atoms with E-state index in [2.05, 4.69) is 6.58 Å². The fourth-order valence-electron chi connectivity index (χ4n) is 1.93. The molecule has 0 saturated carbocycles. The number of amides is 1. The minimum atomic E-state index is -0.540. The van der Waals surface area contributed by atoms with Gasteiger partial charge in [-0.25, -0.2) is 0 Å². The van der Waals surface area contributed by atoms with Crippen molar-refractivity contribution < 1.29 is 9.90 Å². The molecule has 2 atom stereocenters. The lowest BCUT2D eigenvalue weighted by Gasteiger charge is -2.28. The standard InChI is InChI=1S/C12H19NO2/c1-4-8-13-10(6-7-11(13)14)12(15)9(3)5-2/h4-5,10,12,15H,1,6-8H2,2-3H3/t10-,12-/m1/s1. The van der Waals surface area contributed by atoms with Gasteiger partial charge in [0.15, 0.2) is 0 Å². The first-order valence-electron chi connectivity index (χ1n) is 5.33. The number of aliphatic hydroxyl groups is 1. The zero-order valence-electron chi connectivity index (χ0n) is 9.44. The molecule has 0 spiro atoms. The predicted molar refractivity (Wildman–Crippen MR) is 60.4 cm³/mol. The molecule has 1 rings (SSSR count). The van der Waals surface area contributed by atoms with Gasteiger partial charge in [-0.1, -0.05) is 12.2 Å². The van der Waals surface area contributed by atoms with Gasteiger partial charge >= 0.3 is 0 Å². The number of hydrogen-bond donors (Lipinski definition) is 1. The zero-order chi connectivity index (χ0) is 11.4. The second-order valence-corrected chi connectivity index (χ2v) is 3.92. The van der Waals surface area contributed by atoms with Crippen LogP contribution in [0.5, 0.6) is 0 Å². The average molecular weight is 209 g/mol. The molecule has 3 nitrogen and oxygen atoms in total. The molecule has 0 bridgehead atoms. The predicted octanol–water partition coefficient (Wildman–Crippen LogP) is 1.49. The Hall–Kier alpha value is -1.09. The maximum atomic E-state index is 11.5. The van der Waals surface area contributed by atoms with Crippen LogP contribution in [-0.2, 0) is 4.79 Å². The van der Waals surface area contributed by atoms with Gasteiger partial charge < -0.3 is 10.0 Å². The van der Waals surface area contributed by atoms with Gasteiger partial charge in [0, 0.05) is 13.0 Å². The molecule has 1 amide bonds. The Morgan fingerprint density at radius 1 is 1.80 bits per heavy atom. The van der Waals surface area contributed by atoms with Gasteiger partial charge in [0.1, 0.15) is 0 Å². The third-order valence-corrected chi connectivity index (χ3v) is 2.99. The molecule has 1 fully saturated rings. The number of hydrogen-bond acceptors (Lipinski definition) is 2. The molecule has 1 N–H and O–H groups in total. The number of rotatable bonds is 4. The molecule has 84 valence electrons. The summed E-state index contributed by atoms with van der Waals surface area (Å²) in [6.07, 6.45) is 4.32. The summed E-state index contributed by atoms with van der Waals surface area (Å²) in [5.74, 6) is 0.114. The molecule has 0 aromatic carbocycles. The molecular formula is C12H19NO2. The Morgan fingerprint density at radius 3 is 3.00 bits per heavy atom. The molecule has 0 aromatic rings. The summed E-state index contributed by atoms with van der Waals surface area (Å²) >= 11 is 0. The first-order valence-corrected chi connectivity index (χ1v) is 5.33. The van der Waals surface area contributed by atoms with Crippen molar-refractivity contribution in [2.45, 2.75) is 38.8 Å². The van der Waals surface area contributed by atoms with E-state index in [-0.39, 0.29) is 11.9 Å². The van der Waals surface area contributed by atoms with E-state index in [4.69, 9.17) is 0 Å². The summed E-state index contributed by atoms with van der Waals surface area (Å²) < 4.78 is 0. The largest absolute Gasteiger partial charge is 0.387 e. The minimum absolute atomic E-state index is 0.0771. The van der Waals surface area contributed by atoms with Crippen LogP contribution in [0.4, 0.5) is 0 Å². The summed E-state index contributed by atoms with van der Waals surface area (Å²) in [5, 5.41) is 10.0. The van der Waals surface area contributed by atoms with E-state index in [1.165, 1.54) is 0 Å². The number of allylic oxidation sites excluding steroid dienone is 1. The van der Waals surface area contributed by atoms with Gasteiger partial charge in [0.25, 0.3) is 0 Å². The third kappa shape index (κ3) is 2.48. The first-order chi connectivity index (χ1) is 7.11. The molecule has 15 heavy (non-hydrogen) atoms. The summed E-state index contributed by atoms with van der Waals surface area (Å²) in [4.78, 5) is 13.3. The van der Waals surface area contributed by atoms with Crippen molar-refractivity contribution in [3.8, 4) is 0 Å². The molecule has 0 aliphatic carbocycles. The van der Waals surface area contributed by atoms with Crippen molar-refractivity contribution in [2.24, 2.45) is 0 Å². The summed E-state index contributed by atoms with van der Waals surface area (Å²) in [6, 6.07) is -0.0771. The monoisotopic (exact) mass is 209 g/mol. The van der Waals surface area contributed by atoms with Crippen LogP contribution in [0, 0.1) is 0 Å². The van der Waals surface area contributed by atoms with Crippen LogP contribution in [-0.4, -0.2) is 34.6 Å². The molecule has 1 aliphatic rings. The second kappa shape index (κ2) is 5.12. The Balaban J connectivity index is 2.76. The Morgan fingerprint density at radius 2 is 2.47 bits per heavy atom. The van der Waals surface area contributed by atoms with Crippen molar-refractivity contribution in [1.82, 2.24) is 4.90 Å². The van der Waals surface area contributed by atoms with Crippen molar-refractivity contribution >= 4 is 5.91 Å². The summed E-state index contributed by atoms with van der Waals surface area (Å²) in [6.45, 7) is 7.94. The van der Waals surface area contributed by atoms with Gasteiger partial charge in [-0.15, -0.1) is 6.58 Å². The Kier molecular flexibility index (Phi) is 4.09. The van der Waals surface area contributed by atoms with E-state index in [0.717, 1.165) is 12.0 Å². The van der Waals surface area contributed by atoms with E-state index < -0.39 is 6.10 Å². The molecule has 1 saturated heterocycles. The smallest absolute Gasteiger partial charge is 0.223 e. The molecule has 1 heterocycles. The first kappa shape index (κ1) is 12.0. The van der Waals surface area contributed by atoms with E-state index >= 15 is 0 Å². The lowest BCUT2D eigenvalue weighted by atomic mass is 10.0. The lowest BCUT2D eigenvalue weighted by molar-refractivity contribution is -0.129. The van der Waals surface area contributed by atoms with Crippen LogP contribution in [0.3, 0.4) is 0 Å². The normalized spacial score (nSPS) is 24.5. The van der Waals surface area contributed by atoms with Gasteiger partial charge in [-0.3, -0.25) is 4.79 Å². The maximum absolute atomic E-state index is 11.5. The highest BCUT2D eigenvalue weighted by molar-refractivity contribution is 5.79. The van der Waals surface area contributed by atoms with E-state index in [9.17, 15) is 9.90 Å². The fraction of sp³-hybridized carbons (Fsp3) is 0.583. The highest BCUT2D eigenvalue weighted by Crippen LogP contribution is 2.24. The Bertz CT molecular complexity index is 283. The van der Waals surface area contributed by atoms with Crippen LogP contribution in [0.2, 0.25) is 0 Å². The topological polar surface area (TPSA) is 40.5 Å². The molecular weight excluding hydrogens is 190 g/mol. The Labute approximate surface area is 91.1 Å². The molecule has 1 aliphatic heterocycles. The molecule has 0 aromatic heterocycles. The van der Waals surface area contributed by atoms with Crippen LogP contribution >= 0.6 is 0 Å². The number of aliphatic hydroxyl groups excluding tert-OH is 1. The fourth-order valence-corrected chi connectivity index (χ4v) is 1.93. The second-order valence-electron chi connectivity index (χ2n) is 3.92. The lowest BCUT2D eigenvalue weighted by Crippen LogP contribution is -2.41. The quantitative estimate of drug-likeness (QED) is 0.713. The van der Waals surface area contributed by atoms with Crippen molar-refractivity contribution in [1.29, 1.82) is 0 Å². The van der Waals surface area contributed by atoms with Crippen LogP contribution < -0.4 is 0 Å². The van der Waals surface area contributed by atoms with E-state index in [1.54, 1.807) is 11.0 Å². The number of carbonyl (C=O) groups excluding carboxylic acids is 1. The maximum Gasteiger partial charge on any atom is 0.223 e. The van der Waals surface area contributed by atoms with Crippen molar-refractivity contribution in [3.05, 3.63) is 24.3 Å². The summed E-state index contributed by atoms with van der Waals surface area (Å²) in [7, 11) is 0. The van der Waals surface area contributed by atoms with Gasteiger partial charge in [-0.2, -0.15) is 0 Å². The summed E-state index contributed by atoms with van der Waals surface area (Å²) in [5.41, 5.74) is 0.920. The number of nitrogens with zero attached hydrogens (tertiary/aromatic N) is 1. The zero-order valence-corrected chi connectivity index (χ0v) is 9.44. The van der Waals surface area contributed by atoms with E-state index in [1.807, 2.05) is 19.9 Å². The molecule has 3 heteroatoms. The van der Waals surface area contributed by atoms with Gasteiger partial charge in [0.05, 0.1) is 12.1 Å². The van der Waals surface area contributed by atoms with Crippen molar-refractivity contribution in [2.75, 3.05) is 6.54 Å². The number of carbonyl (C=O) groups is 1. The highest BCUT2D eigenvalue weighted by atomic mass is 16.3. The van der Waals surface area contributed by atoms with Crippen LogP contribution in [0.15, 0.2) is 24.3 Å². The van der Waals surface area contributed by atoms with Crippen LogP contribution in [0.1, 0.15) is 26.7 Å². The van der Waals surface area contributed by atoms with Gasteiger partial charge in [0.2, 0.25) is 5.91 Å². The van der Waals surface area contributed by atoms with Crippen molar-refractivity contribution in [3.63, 3.8) is 0 Å². The third-order valence-electron chi connectivity index (χ3n) is 2.99. The van der Waals surface area contributed by atoms with E-state index in [0.29, 0.717) is 13.0 Å². The average Bonchev–Trinajstić information content (AvgIpc) is 2.59. The highest BCUT2D eigenvalue weighted by Gasteiger charge is 2.35. The molecule has 0 radical (unpaired) electrons. The van der Waals surface area contributed by atoms with Crippen LogP contribution in [0.25, 0.3) is 0 Å². The minimum Gasteiger partial charge on any atom is -0.387 e. The number of likely N-dealkylation sites (tertiary alicyclic amines) is 1.